The maximum atomic E-state index is 12.8. The van der Waals surface area contributed by atoms with Crippen molar-refractivity contribution in [2.75, 3.05) is 23.3 Å². The van der Waals surface area contributed by atoms with E-state index >= 15 is 0 Å². The fourth-order valence-corrected chi connectivity index (χ4v) is 3.65. The molecular formula is C25H34N4O2. The first-order valence-corrected chi connectivity index (χ1v) is 11.1. The highest BCUT2D eigenvalue weighted by atomic mass is 16.2. The minimum Gasteiger partial charge on any atom is -0.371 e. The quantitative estimate of drug-likeness (QED) is 0.639. The number of carbonyl (C=O) groups is 2. The molecule has 0 spiro atoms. The Morgan fingerprint density at radius 1 is 0.968 bits per heavy atom. The predicted molar refractivity (Wildman–Crippen MR) is 127 cm³/mol. The number of hydrogen-bond donors (Lipinski definition) is 3. The normalized spacial score (nSPS) is 15.5. The lowest BCUT2D eigenvalue weighted by atomic mass is 10.0. The van der Waals surface area contributed by atoms with Gasteiger partial charge in [0.25, 0.3) is 5.91 Å². The Balaban J connectivity index is 1.55. The van der Waals surface area contributed by atoms with E-state index in [0.29, 0.717) is 11.5 Å². The van der Waals surface area contributed by atoms with Gasteiger partial charge in [0.1, 0.15) is 0 Å². The van der Waals surface area contributed by atoms with Crippen molar-refractivity contribution in [3.63, 3.8) is 0 Å². The Labute approximate surface area is 185 Å². The van der Waals surface area contributed by atoms with E-state index in [2.05, 4.69) is 34.7 Å². The van der Waals surface area contributed by atoms with Crippen LogP contribution in [-0.2, 0) is 0 Å². The number of amides is 3. The molecule has 6 heteroatoms. The molecule has 1 fully saturated rings. The zero-order valence-electron chi connectivity index (χ0n) is 18.9. The summed E-state index contributed by atoms with van der Waals surface area (Å²) >= 11 is 0. The molecule has 0 aromatic heterocycles. The SMILES string of the molecule is Cc1ccc(NC(=O)NC2CCN(c3ccccc3C(=O)NC(C)C(C)C)CC2)cc1. The van der Waals surface area contributed by atoms with E-state index in [0.717, 1.165) is 42.9 Å². The van der Waals surface area contributed by atoms with Gasteiger partial charge in [0.15, 0.2) is 0 Å². The average Bonchev–Trinajstić information content (AvgIpc) is 2.75. The van der Waals surface area contributed by atoms with Gasteiger partial charge in [0.2, 0.25) is 0 Å². The molecule has 0 radical (unpaired) electrons. The second-order valence-corrected chi connectivity index (χ2v) is 8.75. The summed E-state index contributed by atoms with van der Waals surface area (Å²) < 4.78 is 0. The molecule has 1 unspecified atom stereocenters. The average molecular weight is 423 g/mol. The summed E-state index contributed by atoms with van der Waals surface area (Å²) in [6.45, 7) is 9.83. The maximum absolute atomic E-state index is 12.8. The zero-order chi connectivity index (χ0) is 22.4. The van der Waals surface area contributed by atoms with Crippen LogP contribution in [0.3, 0.4) is 0 Å². The molecule has 1 saturated heterocycles. The molecule has 1 atom stereocenters. The molecule has 1 heterocycles. The van der Waals surface area contributed by atoms with Gasteiger partial charge in [-0.25, -0.2) is 4.79 Å². The molecular weight excluding hydrogens is 388 g/mol. The van der Waals surface area contributed by atoms with Crippen LogP contribution in [0.1, 0.15) is 49.5 Å². The first kappa shape index (κ1) is 22.7. The molecule has 0 aliphatic carbocycles. The van der Waals surface area contributed by atoms with E-state index in [1.807, 2.05) is 62.4 Å². The fourth-order valence-electron chi connectivity index (χ4n) is 3.65. The Bertz CT molecular complexity index is 887. The van der Waals surface area contributed by atoms with Crippen LogP contribution >= 0.6 is 0 Å². The second kappa shape index (κ2) is 10.3. The van der Waals surface area contributed by atoms with Gasteiger partial charge < -0.3 is 20.9 Å². The molecule has 3 amide bonds. The van der Waals surface area contributed by atoms with Crippen molar-refractivity contribution >= 4 is 23.3 Å². The molecule has 0 bridgehead atoms. The number of nitrogens with zero attached hydrogens (tertiary/aromatic N) is 1. The topological polar surface area (TPSA) is 73.5 Å². The number of rotatable bonds is 6. The third-order valence-corrected chi connectivity index (χ3v) is 5.99. The number of benzene rings is 2. The minimum atomic E-state index is -0.176. The second-order valence-electron chi connectivity index (χ2n) is 8.75. The van der Waals surface area contributed by atoms with Crippen molar-refractivity contribution in [1.82, 2.24) is 10.6 Å². The molecule has 2 aromatic carbocycles. The van der Waals surface area contributed by atoms with Gasteiger partial charge in [-0.3, -0.25) is 4.79 Å². The molecule has 3 N–H and O–H groups in total. The number of hydrogen-bond acceptors (Lipinski definition) is 3. The van der Waals surface area contributed by atoms with Crippen molar-refractivity contribution in [3.8, 4) is 0 Å². The van der Waals surface area contributed by atoms with Crippen molar-refractivity contribution in [2.45, 2.75) is 52.6 Å². The largest absolute Gasteiger partial charge is 0.371 e. The summed E-state index contributed by atoms with van der Waals surface area (Å²) in [5.41, 5.74) is 3.61. The molecule has 0 saturated carbocycles. The summed E-state index contributed by atoms with van der Waals surface area (Å²) in [5.74, 6) is 0.346. The summed E-state index contributed by atoms with van der Waals surface area (Å²) in [4.78, 5) is 27.4. The molecule has 3 rings (SSSR count). The number of aryl methyl sites for hydroxylation is 1. The van der Waals surface area contributed by atoms with Crippen LogP contribution in [0.25, 0.3) is 0 Å². The molecule has 1 aliphatic rings. The molecule has 166 valence electrons. The van der Waals surface area contributed by atoms with Crippen molar-refractivity contribution in [1.29, 1.82) is 0 Å². The van der Waals surface area contributed by atoms with Crippen molar-refractivity contribution < 1.29 is 9.59 Å². The lowest BCUT2D eigenvalue weighted by molar-refractivity contribution is 0.0931. The van der Waals surface area contributed by atoms with Gasteiger partial charge in [0, 0.05) is 36.5 Å². The van der Waals surface area contributed by atoms with Crippen LogP contribution < -0.4 is 20.9 Å². The molecule has 31 heavy (non-hydrogen) atoms. The maximum Gasteiger partial charge on any atom is 0.319 e. The monoisotopic (exact) mass is 422 g/mol. The van der Waals surface area contributed by atoms with Crippen LogP contribution in [0.4, 0.5) is 16.2 Å². The van der Waals surface area contributed by atoms with Gasteiger partial charge in [-0.05, 0) is 56.9 Å². The number of piperidine rings is 1. The number of anilines is 2. The van der Waals surface area contributed by atoms with E-state index in [4.69, 9.17) is 0 Å². The lowest BCUT2D eigenvalue weighted by Gasteiger charge is -2.35. The predicted octanol–water partition coefficient (Wildman–Crippen LogP) is 4.56. The summed E-state index contributed by atoms with van der Waals surface area (Å²) in [5, 5.41) is 9.07. The van der Waals surface area contributed by atoms with Crippen LogP contribution in [0.15, 0.2) is 48.5 Å². The summed E-state index contributed by atoms with van der Waals surface area (Å²) in [7, 11) is 0. The number of urea groups is 1. The van der Waals surface area contributed by atoms with Crippen LogP contribution in [0, 0.1) is 12.8 Å². The molecule has 6 nitrogen and oxygen atoms in total. The van der Waals surface area contributed by atoms with E-state index < -0.39 is 0 Å². The standard InChI is InChI=1S/C25H34N4O2/c1-17(2)19(4)26-24(30)22-7-5-6-8-23(22)29-15-13-21(14-16-29)28-25(31)27-20-11-9-18(3)10-12-20/h5-12,17,19,21H,13-16H2,1-4H3,(H,26,30)(H2,27,28,31). The van der Waals surface area contributed by atoms with Crippen LogP contribution in [0.5, 0.6) is 0 Å². The van der Waals surface area contributed by atoms with Gasteiger partial charge in [-0.2, -0.15) is 0 Å². The van der Waals surface area contributed by atoms with E-state index in [9.17, 15) is 9.59 Å². The van der Waals surface area contributed by atoms with Crippen molar-refractivity contribution in [2.24, 2.45) is 5.92 Å². The Morgan fingerprint density at radius 2 is 1.61 bits per heavy atom. The Morgan fingerprint density at radius 3 is 2.26 bits per heavy atom. The molecule has 1 aliphatic heterocycles. The van der Waals surface area contributed by atoms with Crippen LogP contribution in [-0.4, -0.2) is 37.1 Å². The summed E-state index contributed by atoms with van der Waals surface area (Å²) in [6.07, 6.45) is 1.67. The van der Waals surface area contributed by atoms with Gasteiger partial charge in [-0.15, -0.1) is 0 Å². The zero-order valence-corrected chi connectivity index (χ0v) is 18.9. The fraction of sp³-hybridized carbons (Fsp3) is 0.440. The highest BCUT2D eigenvalue weighted by Crippen LogP contribution is 2.25. The van der Waals surface area contributed by atoms with E-state index in [1.54, 1.807) is 0 Å². The van der Waals surface area contributed by atoms with Gasteiger partial charge >= 0.3 is 6.03 Å². The van der Waals surface area contributed by atoms with Crippen molar-refractivity contribution in [3.05, 3.63) is 59.7 Å². The lowest BCUT2D eigenvalue weighted by Crippen LogP contribution is -2.46. The number of para-hydroxylation sites is 1. The molecule has 2 aromatic rings. The van der Waals surface area contributed by atoms with E-state index in [1.165, 1.54) is 0 Å². The van der Waals surface area contributed by atoms with E-state index in [-0.39, 0.29) is 24.0 Å². The first-order chi connectivity index (χ1) is 14.8. The van der Waals surface area contributed by atoms with Crippen LogP contribution in [0.2, 0.25) is 0 Å². The third kappa shape index (κ3) is 6.23. The van der Waals surface area contributed by atoms with Gasteiger partial charge in [0.05, 0.1) is 5.56 Å². The number of carbonyl (C=O) groups excluding carboxylic acids is 2. The number of nitrogens with one attached hydrogen (secondary N) is 3. The summed E-state index contributed by atoms with van der Waals surface area (Å²) in [6, 6.07) is 15.6. The van der Waals surface area contributed by atoms with Gasteiger partial charge in [-0.1, -0.05) is 43.7 Å². The highest BCUT2D eigenvalue weighted by Gasteiger charge is 2.24. The Kier molecular flexibility index (Phi) is 7.55. The smallest absolute Gasteiger partial charge is 0.319 e. The first-order valence-electron chi connectivity index (χ1n) is 11.1. The minimum absolute atomic E-state index is 0.0328. The Hall–Kier alpha value is -3.02. The highest BCUT2D eigenvalue weighted by molar-refractivity contribution is 6.00. The third-order valence-electron chi connectivity index (χ3n) is 5.99.